The van der Waals surface area contributed by atoms with Crippen molar-refractivity contribution in [3.05, 3.63) is 0 Å². The second-order valence-electron chi connectivity index (χ2n) is 6.57. The molecule has 1 N–H and O–H groups in total. The minimum absolute atomic E-state index is 0.255. The Balaban J connectivity index is 1.94. The molecule has 1 amide bonds. The van der Waals surface area contributed by atoms with Crippen LogP contribution in [0.2, 0.25) is 0 Å². The summed E-state index contributed by atoms with van der Waals surface area (Å²) in [4.78, 5) is 14.4. The molecule has 18 heavy (non-hydrogen) atoms. The van der Waals surface area contributed by atoms with Crippen LogP contribution in [0.4, 0.5) is 0 Å². The molecule has 1 aliphatic carbocycles. The summed E-state index contributed by atoms with van der Waals surface area (Å²) in [5, 5.41) is 10.1. The molecular formula is C15H27NO2. The molecule has 3 nitrogen and oxygen atoms in total. The summed E-state index contributed by atoms with van der Waals surface area (Å²) in [5.74, 6) is 0.840. The van der Waals surface area contributed by atoms with Gasteiger partial charge in [0.2, 0.25) is 5.91 Å². The summed E-state index contributed by atoms with van der Waals surface area (Å²) in [6.07, 6.45) is 8.39. The number of nitrogens with zero attached hydrogens (tertiary/aromatic N) is 1. The van der Waals surface area contributed by atoms with E-state index in [2.05, 4.69) is 0 Å². The molecule has 2 fully saturated rings. The van der Waals surface area contributed by atoms with Gasteiger partial charge in [-0.05, 0) is 45.4 Å². The number of likely N-dealkylation sites (tertiary alicyclic amines) is 1. The van der Waals surface area contributed by atoms with Crippen LogP contribution >= 0.6 is 0 Å². The van der Waals surface area contributed by atoms with Gasteiger partial charge in [-0.1, -0.05) is 19.3 Å². The number of aliphatic hydroxyl groups is 1. The molecular weight excluding hydrogens is 226 g/mol. The summed E-state index contributed by atoms with van der Waals surface area (Å²) >= 11 is 0. The Labute approximate surface area is 111 Å². The predicted molar refractivity (Wildman–Crippen MR) is 72.2 cm³/mol. The second kappa shape index (κ2) is 5.60. The summed E-state index contributed by atoms with van der Waals surface area (Å²) in [5.41, 5.74) is -0.385. The van der Waals surface area contributed by atoms with Gasteiger partial charge in [0, 0.05) is 13.0 Å². The molecule has 0 spiro atoms. The molecule has 2 rings (SSSR count). The Morgan fingerprint density at radius 2 is 1.83 bits per heavy atom. The van der Waals surface area contributed by atoms with E-state index in [4.69, 9.17) is 0 Å². The molecule has 0 radical (unpaired) electrons. The van der Waals surface area contributed by atoms with Crippen LogP contribution in [0.3, 0.4) is 0 Å². The Kier molecular flexibility index (Phi) is 4.31. The van der Waals surface area contributed by atoms with Gasteiger partial charge in [-0.3, -0.25) is 4.79 Å². The highest BCUT2D eigenvalue weighted by molar-refractivity contribution is 5.77. The fourth-order valence-electron chi connectivity index (χ4n) is 3.46. The minimum atomic E-state index is -0.385. The van der Waals surface area contributed by atoms with Crippen molar-refractivity contribution < 1.29 is 9.90 Å². The molecule has 2 aliphatic rings. The van der Waals surface area contributed by atoms with Crippen molar-refractivity contribution in [2.45, 2.75) is 76.9 Å². The fourth-order valence-corrected chi connectivity index (χ4v) is 3.46. The zero-order chi connectivity index (χ0) is 13.2. The first-order valence-electron chi connectivity index (χ1n) is 7.50. The fraction of sp³-hybridized carbons (Fsp3) is 0.933. The maximum absolute atomic E-state index is 12.4. The number of rotatable bonds is 2. The molecule has 0 aromatic heterocycles. The average Bonchev–Trinajstić information content (AvgIpc) is 2.33. The third-order valence-corrected chi connectivity index (χ3v) is 4.86. The highest BCUT2D eigenvalue weighted by Crippen LogP contribution is 2.32. The van der Waals surface area contributed by atoms with Crippen LogP contribution in [0, 0.1) is 5.92 Å². The molecule has 1 aliphatic heterocycles. The molecule has 104 valence electrons. The van der Waals surface area contributed by atoms with Gasteiger partial charge in [0.15, 0.2) is 0 Å². The van der Waals surface area contributed by atoms with Gasteiger partial charge in [0.1, 0.15) is 0 Å². The smallest absolute Gasteiger partial charge is 0.223 e. The first-order chi connectivity index (χ1) is 8.51. The van der Waals surface area contributed by atoms with Crippen molar-refractivity contribution in [1.29, 1.82) is 0 Å². The third-order valence-electron chi connectivity index (χ3n) is 4.86. The lowest BCUT2D eigenvalue weighted by Crippen LogP contribution is -2.58. The summed E-state index contributed by atoms with van der Waals surface area (Å²) in [6, 6.07) is 0. The van der Waals surface area contributed by atoms with Crippen LogP contribution in [0.15, 0.2) is 0 Å². The molecule has 0 aromatic rings. The average molecular weight is 253 g/mol. The summed E-state index contributed by atoms with van der Waals surface area (Å²) in [6.45, 7) is 4.81. The predicted octanol–water partition coefficient (Wildman–Crippen LogP) is 2.72. The molecule has 1 saturated heterocycles. The van der Waals surface area contributed by atoms with Crippen LogP contribution in [0.1, 0.15) is 65.2 Å². The SMILES string of the molecule is CC1(C)C(O)CCCN1C(=O)CC1CCCCC1. The molecule has 1 unspecified atom stereocenters. The highest BCUT2D eigenvalue weighted by Gasteiger charge is 2.40. The van der Waals surface area contributed by atoms with E-state index < -0.39 is 0 Å². The van der Waals surface area contributed by atoms with E-state index in [1.165, 1.54) is 32.1 Å². The van der Waals surface area contributed by atoms with Crippen molar-refractivity contribution in [2.24, 2.45) is 5.92 Å². The molecule has 1 atom stereocenters. The molecule has 3 heteroatoms. The van der Waals surface area contributed by atoms with E-state index in [0.717, 1.165) is 19.4 Å². The lowest BCUT2D eigenvalue weighted by Gasteiger charge is -2.46. The van der Waals surface area contributed by atoms with Crippen LogP contribution in [-0.4, -0.2) is 34.1 Å². The maximum atomic E-state index is 12.4. The first kappa shape index (κ1) is 13.9. The van der Waals surface area contributed by atoms with Crippen LogP contribution in [0.5, 0.6) is 0 Å². The Bertz CT molecular complexity index is 295. The van der Waals surface area contributed by atoms with Gasteiger partial charge in [-0.2, -0.15) is 0 Å². The van der Waals surface area contributed by atoms with Crippen LogP contribution in [0.25, 0.3) is 0 Å². The van der Waals surface area contributed by atoms with Crippen molar-refractivity contribution in [1.82, 2.24) is 4.90 Å². The molecule has 1 saturated carbocycles. The summed E-state index contributed by atoms with van der Waals surface area (Å²) in [7, 11) is 0. The quantitative estimate of drug-likeness (QED) is 0.822. The van der Waals surface area contributed by atoms with Crippen molar-refractivity contribution in [2.75, 3.05) is 6.54 Å². The number of carbonyl (C=O) groups is 1. The summed E-state index contributed by atoms with van der Waals surface area (Å²) < 4.78 is 0. The van der Waals surface area contributed by atoms with Crippen molar-refractivity contribution in [3.63, 3.8) is 0 Å². The van der Waals surface area contributed by atoms with E-state index in [0.29, 0.717) is 12.3 Å². The number of aliphatic hydroxyl groups excluding tert-OH is 1. The van der Waals surface area contributed by atoms with Crippen molar-refractivity contribution in [3.8, 4) is 0 Å². The largest absolute Gasteiger partial charge is 0.391 e. The van der Waals surface area contributed by atoms with Crippen LogP contribution < -0.4 is 0 Å². The molecule has 1 heterocycles. The number of hydrogen-bond donors (Lipinski definition) is 1. The Hall–Kier alpha value is -0.570. The first-order valence-corrected chi connectivity index (χ1v) is 7.50. The van der Waals surface area contributed by atoms with E-state index in [1.807, 2.05) is 18.7 Å². The second-order valence-corrected chi connectivity index (χ2v) is 6.57. The standard InChI is InChI=1S/C15H27NO2/c1-15(2)13(17)9-6-10-16(15)14(18)11-12-7-4-3-5-8-12/h12-13,17H,3-11H2,1-2H3. The molecule has 0 aromatic carbocycles. The van der Waals surface area contributed by atoms with E-state index >= 15 is 0 Å². The van der Waals surface area contributed by atoms with Gasteiger partial charge in [0.25, 0.3) is 0 Å². The zero-order valence-corrected chi connectivity index (χ0v) is 11.8. The van der Waals surface area contributed by atoms with E-state index in [-0.39, 0.29) is 17.6 Å². The third kappa shape index (κ3) is 2.87. The number of hydrogen-bond acceptors (Lipinski definition) is 2. The zero-order valence-electron chi connectivity index (χ0n) is 11.8. The van der Waals surface area contributed by atoms with Gasteiger partial charge < -0.3 is 10.0 Å². The topological polar surface area (TPSA) is 40.5 Å². The van der Waals surface area contributed by atoms with Crippen molar-refractivity contribution >= 4 is 5.91 Å². The monoisotopic (exact) mass is 253 g/mol. The van der Waals surface area contributed by atoms with Crippen LogP contribution in [-0.2, 0) is 4.79 Å². The lowest BCUT2D eigenvalue weighted by atomic mass is 9.84. The lowest BCUT2D eigenvalue weighted by molar-refractivity contribution is -0.146. The number of carbonyl (C=O) groups excluding carboxylic acids is 1. The van der Waals surface area contributed by atoms with Gasteiger partial charge in [-0.15, -0.1) is 0 Å². The number of amides is 1. The van der Waals surface area contributed by atoms with Gasteiger partial charge in [0.05, 0.1) is 11.6 Å². The highest BCUT2D eigenvalue weighted by atomic mass is 16.3. The minimum Gasteiger partial charge on any atom is -0.391 e. The molecule has 0 bridgehead atoms. The van der Waals surface area contributed by atoms with E-state index in [9.17, 15) is 9.90 Å². The van der Waals surface area contributed by atoms with Gasteiger partial charge in [-0.25, -0.2) is 0 Å². The number of piperidine rings is 1. The van der Waals surface area contributed by atoms with Gasteiger partial charge >= 0.3 is 0 Å². The maximum Gasteiger partial charge on any atom is 0.223 e. The Morgan fingerprint density at radius 1 is 1.17 bits per heavy atom. The normalized spacial score (nSPS) is 29.3. The Morgan fingerprint density at radius 3 is 2.50 bits per heavy atom. The van der Waals surface area contributed by atoms with E-state index in [1.54, 1.807) is 0 Å².